The first-order chi connectivity index (χ1) is 12.9. The summed E-state index contributed by atoms with van der Waals surface area (Å²) < 4.78 is 28.3. The van der Waals surface area contributed by atoms with Crippen molar-refractivity contribution in [3.63, 3.8) is 0 Å². The average molecular weight is 373 g/mol. The van der Waals surface area contributed by atoms with E-state index in [1.807, 2.05) is 39.0 Å². The van der Waals surface area contributed by atoms with Gasteiger partial charge in [-0.2, -0.15) is 0 Å². The maximum atomic E-state index is 14.1. The molecule has 5 nitrogen and oxygen atoms in total. The molecule has 2 aromatic heterocycles. The zero-order valence-electron chi connectivity index (χ0n) is 15.9. The summed E-state index contributed by atoms with van der Waals surface area (Å²) in [5.41, 5.74) is 4.17. The summed E-state index contributed by atoms with van der Waals surface area (Å²) in [5.74, 6) is -2.98. The lowest BCUT2D eigenvalue weighted by Gasteiger charge is -2.32. The second-order valence-corrected chi connectivity index (χ2v) is 7.17. The predicted octanol–water partition coefficient (Wildman–Crippen LogP) is 4.05. The van der Waals surface area contributed by atoms with Gasteiger partial charge in [-0.15, -0.1) is 0 Å². The predicted molar refractivity (Wildman–Crippen MR) is 105 cm³/mol. The van der Waals surface area contributed by atoms with E-state index in [1.165, 1.54) is 5.57 Å². The summed E-state index contributed by atoms with van der Waals surface area (Å²) in [6.07, 6.45) is 7.06. The van der Waals surface area contributed by atoms with Gasteiger partial charge < -0.3 is 10.6 Å². The Morgan fingerprint density at radius 1 is 1.26 bits per heavy atom. The molecule has 3 rings (SSSR count). The zero-order valence-corrected chi connectivity index (χ0v) is 15.9. The quantitative estimate of drug-likeness (QED) is 0.774. The SMILES string of the molecule is CC(C)=CC=C(C)c1cc2nccnc2c(NCC2CNCCC2(F)F)n1. The van der Waals surface area contributed by atoms with Crippen molar-refractivity contribution in [2.75, 3.05) is 25.0 Å². The van der Waals surface area contributed by atoms with E-state index in [1.54, 1.807) is 12.4 Å². The van der Waals surface area contributed by atoms with Crippen LogP contribution >= 0.6 is 0 Å². The highest BCUT2D eigenvalue weighted by Gasteiger charge is 2.41. The van der Waals surface area contributed by atoms with Crippen LogP contribution in [0.4, 0.5) is 14.6 Å². The lowest BCUT2D eigenvalue weighted by atomic mass is 9.95. The van der Waals surface area contributed by atoms with E-state index < -0.39 is 11.8 Å². The number of pyridine rings is 1. The van der Waals surface area contributed by atoms with Gasteiger partial charge in [0.15, 0.2) is 5.82 Å². The van der Waals surface area contributed by atoms with Crippen molar-refractivity contribution in [2.45, 2.75) is 33.1 Å². The molecule has 1 aliphatic heterocycles. The molecule has 0 amide bonds. The second-order valence-electron chi connectivity index (χ2n) is 7.17. The standard InChI is InChI=1S/C20H25F2N5/c1-13(2)4-5-14(3)16-10-17-18(25-9-8-24-17)19(27-16)26-12-15-11-23-7-6-20(15,21)22/h4-5,8-10,15,23H,6-7,11-12H2,1-3H3,(H,26,27). The normalized spacial score (nSPS) is 19.7. The minimum Gasteiger partial charge on any atom is -0.368 e. The molecular formula is C20H25F2N5. The fraction of sp³-hybridized carbons (Fsp3) is 0.450. The largest absolute Gasteiger partial charge is 0.368 e. The molecule has 0 aromatic carbocycles. The van der Waals surface area contributed by atoms with E-state index in [0.29, 0.717) is 23.4 Å². The number of nitrogens with one attached hydrogen (secondary N) is 2. The Labute approximate surface area is 158 Å². The third kappa shape index (κ3) is 4.66. The molecule has 2 aromatic rings. The molecule has 0 saturated carbocycles. The van der Waals surface area contributed by atoms with Gasteiger partial charge in [0.05, 0.1) is 17.1 Å². The van der Waals surface area contributed by atoms with Gasteiger partial charge in [0.1, 0.15) is 5.52 Å². The lowest BCUT2D eigenvalue weighted by Crippen LogP contribution is -2.47. The number of rotatable bonds is 5. The van der Waals surface area contributed by atoms with Crippen molar-refractivity contribution in [1.29, 1.82) is 0 Å². The van der Waals surface area contributed by atoms with Gasteiger partial charge in [-0.3, -0.25) is 4.98 Å². The Morgan fingerprint density at radius 2 is 2.04 bits per heavy atom. The van der Waals surface area contributed by atoms with Crippen molar-refractivity contribution in [2.24, 2.45) is 5.92 Å². The van der Waals surface area contributed by atoms with Gasteiger partial charge in [-0.1, -0.05) is 17.7 Å². The van der Waals surface area contributed by atoms with Gasteiger partial charge in [-0.25, -0.2) is 18.7 Å². The number of halogens is 2. The first-order valence-corrected chi connectivity index (χ1v) is 9.13. The van der Waals surface area contributed by atoms with E-state index in [-0.39, 0.29) is 19.5 Å². The first kappa shape index (κ1) is 19.4. The number of hydrogen-bond donors (Lipinski definition) is 2. The third-order valence-electron chi connectivity index (χ3n) is 4.67. The number of allylic oxidation sites excluding steroid dienone is 4. The molecule has 27 heavy (non-hydrogen) atoms. The highest BCUT2D eigenvalue weighted by atomic mass is 19.3. The van der Waals surface area contributed by atoms with Crippen LogP contribution in [0.3, 0.4) is 0 Å². The Balaban J connectivity index is 1.91. The molecule has 1 fully saturated rings. The number of nitrogens with zero attached hydrogens (tertiary/aromatic N) is 3. The maximum absolute atomic E-state index is 14.1. The van der Waals surface area contributed by atoms with E-state index in [2.05, 4.69) is 25.6 Å². The van der Waals surface area contributed by atoms with Crippen LogP contribution in [0.1, 0.15) is 32.9 Å². The van der Waals surface area contributed by atoms with Crippen LogP contribution in [0.5, 0.6) is 0 Å². The average Bonchev–Trinajstić information content (AvgIpc) is 2.64. The molecule has 1 unspecified atom stereocenters. The van der Waals surface area contributed by atoms with Gasteiger partial charge in [0, 0.05) is 38.4 Å². The van der Waals surface area contributed by atoms with E-state index >= 15 is 0 Å². The summed E-state index contributed by atoms with van der Waals surface area (Å²) in [6, 6.07) is 1.87. The number of anilines is 1. The molecule has 7 heteroatoms. The van der Waals surface area contributed by atoms with Crippen molar-refractivity contribution in [1.82, 2.24) is 20.3 Å². The van der Waals surface area contributed by atoms with Gasteiger partial charge in [-0.05, 0) is 32.4 Å². The van der Waals surface area contributed by atoms with Crippen LogP contribution in [-0.4, -0.2) is 40.5 Å². The molecule has 0 aliphatic carbocycles. The first-order valence-electron chi connectivity index (χ1n) is 9.13. The summed E-state index contributed by atoms with van der Waals surface area (Å²) in [4.78, 5) is 13.3. The van der Waals surface area contributed by atoms with Crippen LogP contribution in [0.25, 0.3) is 16.6 Å². The van der Waals surface area contributed by atoms with Crippen LogP contribution < -0.4 is 10.6 Å². The number of fused-ring (bicyclic) bond motifs is 1. The molecule has 1 aliphatic rings. The fourth-order valence-corrected chi connectivity index (χ4v) is 3.00. The highest BCUT2D eigenvalue weighted by Crippen LogP contribution is 2.31. The molecule has 3 heterocycles. The molecule has 1 saturated heterocycles. The topological polar surface area (TPSA) is 62.7 Å². The minimum absolute atomic E-state index is 0.124. The number of alkyl halides is 2. The highest BCUT2D eigenvalue weighted by molar-refractivity contribution is 5.87. The summed E-state index contributed by atoms with van der Waals surface area (Å²) in [5, 5.41) is 6.13. The van der Waals surface area contributed by atoms with E-state index in [4.69, 9.17) is 0 Å². The van der Waals surface area contributed by atoms with Crippen LogP contribution in [-0.2, 0) is 0 Å². The Hall–Kier alpha value is -2.41. The smallest absolute Gasteiger partial charge is 0.255 e. The van der Waals surface area contributed by atoms with Crippen molar-refractivity contribution < 1.29 is 8.78 Å². The number of hydrogen-bond acceptors (Lipinski definition) is 5. The van der Waals surface area contributed by atoms with Crippen molar-refractivity contribution in [3.8, 4) is 0 Å². The molecule has 144 valence electrons. The molecular weight excluding hydrogens is 348 g/mol. The fourth-order valence-electron chi connectivity index (χ4n) is 3.00. The van der Waals surface area contributed by atoms with Crippen molar-refractivity contribution >= 4 is 22.4 Å². The van der Waals surface area contributed by atoms with E-state index in [9.17, 15) is 8.78 Å². The minimum atomic E-state index is -2.68. The Kier molecular flexibility index (Phi) is 5.79. The van der Waals surface area contributed by atoms with Gasteiger partial charge in [0.2, 0.25) is 0 Å². The molecule has 0 bridgehead atoms. The third-order valence-corrected chi connectivity index (χ3v) is 4.67. The summed E-state index contributed by atoms with van der Waals surface area (Å²) >= 11 is 0. The van der Waals surface area contributed by atoms with Crippen molar-refractivity contribution in [3.05, 3.63) is 41.9 Å². The van der Waals surface area contributed by atoms with Gasteiger partial charge in [0.25, 0.3) is 5.92 Å². The number of aromatic nitrogens is 3. The van der Waals surface area contributed by atoms with Crippen LogP contribution in [0.15, 0.2) is 36.2 Å². The Morgan fingerprint density at radius 3 is 2.78 bits per heavy atom. The Bertz CT molecular complexity index is 872. The monoisotopic (exact) mass is 373 g/mol. The van der Waals surface area contributed by atoms with E-state index in [0.717, 1.165) is 11.3 Å². The maximum Gasteiger partial charge on any atom is 0.255 e. The van der Waals surface area contributed by atoms with Gasteiger partial charge >= 0.3 is 0 Å². The van der Waals surface area contributed by atoms with Crippen LogP contribution in [0, 0.1) is 5.92 Å². The molecule has 0 radical (unpaired) electrons. The number of piperidine rings is 1. The molecule has 0 spiro atoms. The summed E-state index contributed by atoms with van der Waals surface area (Å²) in [6.45, 7) is 6.76. The zero-order chi connectivity index (χ0) is 19.4. The second kappa shape index (κ2) is 8.08. The lowest BCUT2D eigenvalue weighted by molar-refractivity contribution is -0.0728. The summed E-state index contributed by atoms with van der Waals surface area (Å²) in [7, 11) is 0. The molecule has 2 N–H and O–H groups in total. The van der Waals surface area contributed by atoms with Crippen LogP contribution in [0.2, 0.25) is 0 Å². The molecule has 1 atom stereocenters.